The Kier molecular flexibility index (Phi) is 9.31. The molecule has 0 saturated carbocycles. The largest absolute Gasteiger partial charge is 0.321 e. The Morgan fingerprint density at radius 3 is 2.44 bits per heavy atom. The summed E-state index contributed by atoms with van der Waals surface area (Å²) in [4.78, 5) is 26.6. The number of unbranched alkanes of at least 4 members (excludes halogenated alkanes) is 8. The van der Waals surface area contributed by atoms with Crippen LogP contribution in [0.2, 0.25) is 0 Å². The van der Waals surface area contributed by atoms with E-state index >= 15 is 0 Å². The Hall–Kier alpha value is -2.43. The number of hydrazone groups is 1. The van der Waals surface area contributed by atoms with Crippen molar-refractivity contribution in [2.24, 2.45) is 5.10 Å². The first-order chi connectivity index (χ1) is 13.2. The molecule has 0 bridgehead atoms. The molecule has 0 atom stereocenters. The molecule has 0 fully saturated rings. The highest BCUT2D eigenvalue weighted by molar-refractivity contribution is 5.88. The van der Waals surface area contributed by atoms with E-state index in [0.717, 1.165) is 23.7 Å². The summed E-state index contributed by atoms with van der Waals surface area (Å²) in [5.41, 5.74) is 3.51. The number of nitrogens with one attached hydrogen (secondary N) is 2. The molecule has 2 aromatic rings. The Balaban J connectivity index is 1.64. The van der Waals surface area contributed by atoms with Crippen LogP contribution in [0, 0.1) is 0 Å². The van der Waals surface area contributed by atoms with Gasteiger partial charge in [-0.1, -0.05) is 76.5 Å². The molecule has 0 aliphatic carbocycles. The quantitative estimate of drug-likeness (QED) is 0.317. The van der Waals surface area contributed by atoms with E-state index in [4.69, 9.17) is 0 Å². The summed E-state index contributed by atoms with van der Waals surface area (Å²) in [5, 5.41) is 4.85. The van der Waals surface area contributed by atoms with Crippen LogP contribution in [0.4, 0.5) is 0 Å². The second kappa shape index (κ2) is 12.0. The third kappa shape index (κ3) is 7.77. The van der Waals surface area contributed by atoms with Crippen molar-refractivity contribution >= 4 is 23.0 Å². The number of hydrogen-bond donors (Lipinski definition) is 2. The Bertz CT molecular complexity index is 795. The summed E-state index contributed by atoms with van der Waals surface area (Å²) in [5.74, 6) is -0.105. The molecule has 0 unspecified atom stereocenters. The zero-order valence-electron chi connectivity index (χ0n) is 16.3. The Labute approximate surface area is 161 Å². The van der Waals surface area contributed by atoms with Crippen LogP contribution in [-0.4, -0.2) is 17.1 Å². The Morgan fingerprint density at radius 2 is 1.70 bits per heavy atom. The van der Waals surface area contributed by atoms with Crippen molar-refractivity contribution in [1.82, 2.24) is 10.4 Å². The minimum absolute atomic E-state index is 0.105. The van der Waals surface area contributed by atoms with E-state index in [-0.39, 0.29) is 11.5 Å². The van der Waals surface area contributed by atoms with E-state index in [0.29, 0.717) is 12.0 Å². The number of rotatable bonds is 12. The monoisotopic (exact) mass is 369 g/mol. The molecule has 0 aliphatic rings. The fourth-order valence-electron chi connectivity index (χ4n) is 3.09. The number of benzene rings is 1. The number of carbonyl (C=O) groups excluding carboxylic acids is 1. The summed E-state index contributed by atoms with van der Waals surface area (Å²) >= 11 is 0. The second-order valence-corrected chi connectivity index (χ2v) is 7.01. The summed E-state index contributed by atoms with van der Waals surface area (Å²) in [6.07, 6.45) is 12.9. The van der Waals surface area contributed by atoms with Crippen molar-refractivity contribution in [1.29, 1.82) is 0 Å². The van der Waals surface area contributed by atoms with Gasteiger partial charge in [0.05, 0.1) is 11.8 Å². The highest BCUT2D eigenvalue weighted by Crippen LogP contribution is 2.11. The number of para-hydroxylation sites is 1. The minimum atomic E-state index is -0.217. The van der Waals surface area contributed by atoms with E-state index in [1.165, 1.54) is 51.2 Å². The smallest absolute Gasteiger partial charge is 0.257 e. The third-order valence-electron chi connectivity index (χ3n) is 4.68. The highest BCUT2D eigenvalue weighted by Gasteiger charge is 2.02. The van der Waals surface area contributed by atoms with Gasteiger partial charge in [0.25, 0.3) is 5.56 Å². The molecule has 0 aliphatic heterocycles. The van der Waals surface area contributed by atoms with Crippen molar-refractivity contribution in [2.75, 3.05) is 0 Å². The van der Waals surface area contributed by atoms with Gasteiger partial charge >= 0.3 is 0 Å². The topological polar surface area (TPSA) is 74.3 Å². The fraction of sp³-hybridized carbons (Fsp3) is 0.500. The van der Waals surface area contributed by atoms with Crippen molar-refractivity contribution in [3.63, 3.8) is 0 Å². The van der Waals surface area contributed by atoms with Crippen LogP contribution in [0.1, 0.15) is 76.7 Å². The molecule has 2 N–H and O–H groups in total. The van der Waals surface area contributed by atoms with Crippen LogP contribution in [0.15, 0.2) is 40.2 Å². The molecular weight excluding hydrogens is 338 g/mol. The molecule has 5 nitrogen and oxygen atoms in total. The van der Waals surface area contributed by atoms with Crippen LogP contribution in [0.25, 0.3) is 10.9 Å². The molecule has 5 heteroatoms. The van der Waals surface area contributed by atoms with Crippen molar-refractivity contribution < 1.29 is 4.79 Å². The van der Waals surface area contributed by atoms with Crippen LogP contribution >= 0.6 is 0 Å². The molecule has 1 aromatic carbocycles. The van der Waals surface area contributed by atoms with Crippen LogP contribution in [-0.2, 0) is 4.79 Å². The van der Waals surface area contributed by atoms with E-state index < -0.39 is 0 Å². The lowest BCUT2D eigenvalue weighted by Gasteiger charge is -2.02. The summed E-state index contributed by atoms with van der Waals surface area (Å²) in [6, 6.07) is 9.33. The van der Waals surface area contributed by atoms with E-state index in [1.54, 1.807) is 6.07 Å². The zero-order chi connectivity index (χ0) is 19.3. The van der Waals surface area contributed by atoms with E-state index in [2.05, 4.69) is 22.4 Å². The first-order valence-corrected chi connectivity index (χ1v) is 10.1. The van der Waals surface area contributed by atoms with Gasteiger partial charge in [-0.25, -0.2) is 5.43 Å². The molecule has 1 amide bonds. The number of pyridine rings is 1. The number of hydrogen-bond acceptors (Lipinski definition) is 3. The first kappa shape index (κ1) is 20.9. The van der Waals surface area contributed by atoms with Gasteiger partial charge in [-0.05, 0) is 23.9 Å². The molecular formula is C22H31N3O2. The van der Waals surface area contributed by atoms with Crippen LogP contribution in [0.3, 0.4) is 0 Å². The van der Waals surface area contributed by atoms with Gasteiger partial charge in [-0.3, -0.25) is 9.59 Å². The normalized spacial score (nSPS) is 11.3. The molecule has 146 valence electrons. The number of nitrogens with zero attached hydrogens (tertiary/aromatic N) is 1. The maximum atomic E-state index is 12.0. The second-order valence-electron chi connectivity index (χ2n) is 7.01. The molecule has 1 heterocycles. The molecule has 0 saturated heterocycles. The minimum Gasteiger partial charge on any atom is -0.321 e. The highest BCUT2D eigenvalue weighted by atomic mass is 16.2. The maximum absolute atomic E-state index is 12.0. The number of fused-ring (bicyclic) bond motifs is 1. The summed E-state index contributed by atoms with van der Waals surface area (Å²) in [6.45, 7) is 2.23. The van der Waals surface area contributed by atoms with Crippen molar-refractivity contribution in [2.45, 2.75) is 71.1 Å². The summed E-state index contributed by atoms with van der Waals surface area (Å²) in [7, 11) is 0. The number of H-pyrrole nitrogens is 1. The molecule has 27 heavy (non-hydrogen) atoms. The van der Waals surface area contributed by atoms with Crippen molar-refractivity contribution in [3.05, 3.63) is 46.2 Å². The number of aromatic amines is 1. The molecule has 2 rings (SSSR count). The van der Waals surface area contributed by atoms with E-state index in [9.17, 15) is 9.59 Å². The van der Waals surface area contributed by atoms with Gasteiger partial charge in [0.2, 0.25) is 5.91 Å². The maximum Gasteiger partial charge on any atom is 0.257 e. The lowest BCUT2D eigenvalue weighted by molar-refractivity contribution is -0.121. The molecule has 1 aromatic heterocycles. The molecule has 0 spiro atoms. The van der Waals surface area contributed by atoms with Gasteiger partial charge in [-0.2, -0.15) is 5.10 Å². The number of amides is 1. The van der Waals surface area contributed by atoms with Gasteiger partial charge in [-0.15, -0.1) is 0 Å². The number of aromatic nitrogens is 1. The standard InChI is InChI=1S/C22H31N3O2/c1-2-3-4-5-6-7-8-9-10-15-21(26)25-23-17-19-16-18-13-11-12-14-20(18)24-22(19)27/h11-14,16-17H,2-10,15H2,1H3,(H,24,27)(H,25,26)/b23-17+. The first-order valence-electron chi connectivity index (χ1n) is 10.1. The molecule has 0 radical (unpaired) electrons. The average molecular weight is 370 g/mol. The Morgan fingerprint density at radius 1 is 1.04 bits per heavy atom. The average Bonchev–Trinajstić information content (AvgIpc) is 2.67. The predicted octanol–water partition coefficient (Wildman–Crippen LogP) is 4.90. The van der Waals surface area contributed by atoms with Crippen LogP contribution < -0.4 is 11.0 Å². The van der Waals surface area contributed by atoms with Gasteiger partial charge < -0.3 is 4.98 Å². The van der Waals surface area contributed by atoms with Crippen LogP contribution in [0.5, 0.6) is 0 Å². The van der Waals surface area contributed by atoms with Gasteiger partial charge in [0.15, 0.2) is 0 Å². The zero-order valence-corrected chi connectivity index (χ0v) is 16.3. The van der Waals surface area contributed by atoms with Crippen molar-refractivity contribution in [3.8, 4) is 0 Å². The number of carbonyl (C=O) groups is 1. The lowest BCUT2D eigenvalue weighted by atomic mass is 10.1. The predicted molar refractivity (Wildman–Crippen MR) is 112 cm³/mol. The van der Waals surface area contributed by atoms with E-state index in [1.807, 2.05) is 24.3 Å². The fourth-order valence-corrected chi connectivity index (χ4v) is 3.09. The summed E-state index contributed by atoms with van der Waals surface area (Å²) < 4.78 is 0. The lowest BCUT2D eigenvalue weighted by Crippen LogP contribution is -2.18. The van der Waals surface area contributed by atoms with Gasteiger partial charge in [0, 0.05) is 11.9 Å². The van der Waals surface area contributed by atoms with Gasteiger partial charge in [0.1, 0.15) is 0 Å². The third-order valence-corrected chi connectivity index (χ3v) is 4.68. The SMILES string of the molecule is CCCCCCCCCCCC(=O)N/N=C/c1cc2ccccc2[nH]c1=O.